The number of hydrogen-bond acceptors (Lipinski definition) is 8. The topological polar surface area (TPSA) is 127 Å². The monoisotopic (exact) mass is 483 g/mol. The molecule has 1 amide bonds. The summed E-state index contributed by atoms with van der Waals surface area (Å²) in [6.07, 6.45) is 0. The van der Waals surface area contributed by atoms with Crippen LogP contribution in [0, 0.1) is 0 Å². The van der Waals surface area contributed by atoms with E-state index in [1.807, 2.05) is 6.07 Å². The second-order valence-electron chi connectivity index (χ2n) is 7.58. The van der Waals surface area contributed by atoms with E-state index in [9.17, 15) is 19.5 Å². The second-order valence-corrected chi connectivity index (χ2v) is 7.58. The highest BCUT2D eigenvalue weighted by molar-refractivity contribution is 6.16. The van der Waals surface area contributed by atoms with Crippen molar-refractivity contribution >= 4 is 45.7 Å². The molecule has 0 aliphatic carbocycles. The molecular formula is C27H21N3O6. The molecule has 4 rings (SSSR count). The van der Waals surface area contributed by atoms with Gasteiger partial charge in [-0.1, -0.05) is 42.5 Å². The fraction of sp³-hybridized carbons (Fsp3) is 0.0741. The van der Waals surface area contributed by atoms with Gasteiger partial charge in [0, 0.05) is 5.69 Å². The summed E-state index contributed by atoms with van der Waals surface area (Å²) >= 11 is 0. The average molecular weight is 483 g/mol. The summed E-state index contributed by atoms with van der Waals surface area (Å²) in [4.78, 5) is 37.3. The summed E-state index contributed by atoms with van der Waals surface area (Å²) < 4.78 is 9.51. The number of benzene rings is 4. The summed E-state index contributed by atoms with van der Waals surface area (Å²) in [5.74, 6) is -2.24. The smallest absolute Gasteiger partial charge is 0.340 e. The minimum Gasteiger partial charge on any atom is -0.505 e. The molecule has 2 N–H and O–H groups in total. The molecule has 36 heavy (non-hydrogen) atoms. The van der Waals surface area contributed by atoms with Gasteiger partial charge in [0.2, 0.25) is 0 Å². The van der Waals surface area contributed by atoms with Crippen molar-refractivity contribution in [2.24, 2.45) is 10.2 Å². The molecule has 9 heteroatoms. The third-order valence-electron chi connectivity index (χ3n) is 5.35. The van der Waals surface area contributed by atoms with Crippen molar-refractivity contribution in [3.05, 3.63) is 95.6 Å². The number of ether oxygens (including phenoxy) is 2. The number of carbonyl (C=O) groups is 3. The van der Waals surface area contributed by atoms with Crippen LogP contribution in [-0.4, -0.2) is 37.2 Å². The van der Waals surface area contributed by atoms with Crippen LogP contribution in [0.5, 0.6) is 5.75 Å². The fourth-order valence-electron chi connectivity index (χ4n) is 3.59. The van der Waals surface area contributed by atoms with Crippen LogP contribution in [0.3, 0.4) is 0 Å². The number of fused-ring (bicyclic) bond motifs is 1. The minimum absolute atomic E-state index is 0.00815. The first kappa shape index (κ1) is 24.1. The Kier molecular flexibility index (Phi) is 7.01. The quantitative estimate of drug-likeness (QED) is 0.264. The van der Waals surface area contributed by atoms with Crippen LogP contribution in [0.2, 0.25) is 0 Å². The number of azo groups is 1. The lowest BCUT2D eigenvalue weighted by Crippen LogP contribution is -2.12. The van der Waals surface area contributed by atoms with E-state index in [0.29, 0.717) is 16.5 Å². The lowest BCUT2D eigenvalue weighted by atomic mass is 10.0. The van der Waals surface area contributed by atoms with Crippen molar-refractivity contribution in [3.8, 4) is 5.75 Å². The first-order chi connectivity index (χ1) is 17.4. The van der Waals surface area contributed by atoms with Gasteiger partial charge in [0.15, 0.2) is 5.75 Å². The summed E-state index contributed by atoms with van der Waals surface area (Å²) in [6.45, 7) is 0. The molecule has 9 nitrogen and oxygen atoms in total. The van der Waals surface area contributed by atoms with Crippen LogP contribution in [-0.2, 0) is 9.47 Å². The summed E-state index contributed by atoms with van der Waals surface area (Å²) in [5.41, 5.74) is 0.780. The third-order valence-corrected chi connectivity index (χ3v) is 5.35. The Morgan fingerprint density at radius 3 is 2.17 bits per heavy atom. The molecule has 0 aliphatic rings. The Hall–Kier alpha value is -5.05. The number of carbonyl (C=O) groups excluding carboxylic acids is 3. The average Bonchev–Trinajstić information content (AvgIpc) is 2.91. The van der Waals surface area contributed by atoms with Crippen molar-refractivity contribution in [2.75, 3.05) is 19.5 Å². The van der Waals surface area contributed by atoms with E-state index in [2.05, 4.69) is 15.5 Å². The standard InChI is InChI=1S/C27H21N3O6/c1-35-26(33)17-12-13-20(27(34)36-2)21(15-17)29-30-22-14-16-8-6-7-11-19(16)23(24(22)31)25(32)28-18-9-4-3-5-10-18/h3-15,31H,1-2H3,(H,28,32)/b30-29+. The second kappa shape index (κ2) is 10.5. The van der Waals surface area contributed by atoms with Gasteiger partial charge in [-0.25, -0.2) is 9.59 Å². The largest absolute Gasteiger partial charge is 0.505 e. The first-order valence-electron chi connectivity index (χ1n) is 10.8. The number of methoxy groups -OCH3 is 2. The summed E-state index contributed by atoms with van der Waals surface area (Å²) in [6, 6.07) is 21.5. The Bertz CT molecular complexity index is 1500. The van der Waals surface area contributed by atoms with Crippen molar-refractivity contribution in [1.82, 2.24) is 0 Å². The number of phenolic OH excluding ortho intramolecular Hbond substituents is 1. The molecule has 0 saturated heterocycles. The zero-order chi connectivity index (χ0) is 25.7. The summed E-state index contributed by atoms with van der Waals surface area (Å²) in [7, 11) is 2.44. The molecule has 180 valence electrons. The normalized spacial score (nSPS) is 10.8. The molecule has 0 radical (unpaired) electrons. The number of para-hydroxylation sites is 1. The van der Waals surface area contributed by atoms with Crippen LogP contribution in [0.4, 0.5) is 17.1 Å². The van der Waals surface area contributed by atoms with E-state index in [4.69, 9.17) is 9.47 Å². The van der Waals surface area contributed by atoms with Crippen molar-refractivity contribution < 1.29 is 29.0 Å². The number of anilines is 1. The van der Waals surface area contributed by atoms with Crippen molar-refractivity contribution in [3.63, 3.8) is 0 Å². The lowest BCUT2D eigenvalue weighted by molar-refractivity contribution is 0.0587. The van der Waals surface area contributed by atoms with Crippen molar-refractivity contribution in [2.45, 2.75) is 0 Å². The zero-order valence-electron chi connectivity index (χ0n) is 19.4. The molecular weight excluding hydrogens is 462 g/mol. The highest BCUT2D eigenvalue weighted by Gasteiger charge is 2.20. The van der Waals surface area contributed by atoms with Gasteiger partial charge in [-0.2, -0.15) is 0 Å². The SMILES string of the molecule is COC(=O)c1ccc(C(=O)OC)c(/N=N/c2cc3ccccc3c(C(=O)Nc3ccccc3)c2O)c1. The van der Waals surface area contributed by atoms with Gasteiger partial charge in [0.1, 0.15) is 11.4 Å². The lowest BCUT2D eigenvalue weighted by Gasteiger charge is -2.12. The number of phenols is 1. The van der Waals surface area contributed by atoms with E-state index < -0.39 is 23.6 Å². The number of nitrogens with zero attached hydrogens (tertiary/aromatic N) is 2. The first-order valence-corrected chi connectivity index (χ1v) is 10.8. The van der Waals surface area contributed by atoms with Crippen LogP contribution in [0.1, 0.15) is 31.1 Å². The van der Waals surface area contributed by atoms with E-state index in [-0.39, 0.29) is 28.1 Å². The van der Waals surface area contributed by atoms with Gasteiger partial charge >= 0.3 is 11.9 Å². The molecule has 0 unspecified atom stereocenters. The van der Waals surface area contributed by atoms with Crippen molar-refractivity contribution in [1.29, 1.82) is 0 Å². The fourth-order valence-corrected chi connectivity index (χ4v) is 3.59. The molecule has 4 aromatic carbocycles. The molecule has 0 fully saturated rings. The van der Waals surface area contributed by atoms with Gasteiger partial charge in [-0.15, -0.1) is 10.2 Å². The molecule has 0 atom stereocenters. The highest BCUT2D eigenvalue weighted by Crippen LogP contribution is 2.38. The Morgan fingerprint density at radius 2 is 1.44 bits per heavy atom. The van der Waals surface area contributed by atoms with Crippen LogP contribution in [0.25, 0.3) is 10.8 Å². The number of aromatic hydroxyl groups is 1. The summed E-state index contributed by atoms with van der Waals surface area (Å²) in [5, 5.41) is 23.2. The van der Waals surface area contributed by atoms with Crippen LogP contribution < -0.4 is 5.32 Å². The maximum atomic E-state index is 13.2. The van der Waals surface area contributed by atoms with Gasteiger partial charge in [-0.3, -0.25) is 4.79 Å². The van der Waals surface area contributed by atoms with E-state index >= 15 is 0 Å². The van der Waals surface area contributed by atoms with E-state index in [1.54, 1.807) is 54.6 Å². The number of nitrogens with one attached hydrogen (secondary N) is 1. The van der Waals surface area contributed by atoms with Gasteiger partial charge in [-0.05, 0) is 47.2 Å². The predicted molar refractivity (Wildman–Crippen MR) is 133 cm³/mol. The van der Waals surface area contributed by atoms with Crippen LogP contribution >= 0.6 is 0 Å². The van der Waals surface area contributed by atoms with Gasteiger partial charge < -0.3 is 19.9 Å². The molecule has 0 spiro atoms. The molecule has 0 heterocycles. The zero-order valence-corrected chi connectivity index (χ0v) is 19.4. The Morgan fingerprint density at radius 1 is 0.778 bits per heavy atom. The molecule has 0 bridgehead atoms. The minimum atomic E-state index is -0.689. The number of esters is 2. The van der Waals surface area contributed by atoms with E-state index in [1.165, 1.54) is 32.4 Å². The predicted octanol–water partition coefficient (Wildman–Crippen LogP) is 5.79. The van der Waals surface area contributed by atoms with Gasteiger partial charge in [0.05, 0.1) is 30.9 Å². The maximum absolute atomic E-state index is 13.2. The molecule has 0 aliphatic heterocycles. The van der Waals surface area contributed by atoms with Crippen LogP contribution in [0.15, 0.2) is 89.1 Å². The number of rotatable bonds is 6. The Labute approximate surface area is 206 Å². The Balaban J connectivity index is 1.81. The van der Waals surface area contributed by atoms with Gasteiger partial charge in [0.25, 0.3) is 5.91 Å². The van der Waals surface area contributed by atoms with E-state index in [0.717, 1.165) is 0 Å². The number of hydrogen-bond donors (Lipinski definition) is 2. The molecule has 0 aromatic heterocycles. The molecule has 4 aromatic rings. The molecule has 0 saturated carbocycles. The third kappa shape index (κ3) is 4.90. The maximum Gasteiger partial charge on any atom is 0.340 e. The number of amides is 1. The highest BCUT2D eigenvalue weighted by atomic mass is 16.5.